The lowest BCUT2D eigenvalue weighted by Gasteiger charge is -2.45. The van der Waals surface area contributed by atoms with E-state index < -0.39 is 15.7 Å². The van der Waals surface area contributed by atoms with E-state index in [4.69, 9.17) is 4.74 Å². The van der Waals surface area contributed by atoms with Crippen molar-refractivity contribution >= 4 is 9.84 Å². The second-order valence-electron chi connectivity index (χ2n) is 10.4. The first kappa shape index (κ1) is 24.9. The number of nitrogens with zero attached hydrogens (tertiary/aromatic N) is 2. The Morgan fingerprint density at radius 1 is 0.972 bits per heavy atom. The molecular formula is C29H33FN2O3S. The van der Waals surface area contributed by atoms with Crippen LogP contribution in [0.2, 0.25) is 0 Å². The van der Waals surface area contributed by atoms with Crippen LogP contribution in [0.5, 0.6) is 5.75 Å². The summed E-state index contributed by atoms with van der Waals surface area (Å²) in [6, 6.07) is 17.3. The summed E-state index contributed by atoms with van der Waals surface area (Å²) in [5.74, 6) is 0.226. The molecule has 1 fully saturated rings. The third kappa shape index (κ3) is 5.62. The van der Waals surface area contributed by atoms with Crippen LogP contribution >= 0.6 is 0 Å². The average Bonchev–Trinajstić information content (AvgIpc) is 2.85. The number of aromatic nitrogens is 1. The van der Waals surface area contributed by atoms with Crippen LogP contribution in [0.1, 0.15) is 49.9 Å². The number of ether oxygens (including phenoxy) is 1. The molecule has 1 spiro atoms. The van der Waals surface area contributed by atoms with Crippen molar-refractivity contribution < 1.29 is 17.5 Å². The predicted molar refractivity (Wildman–Crippen MR) is 140 cm³/mol. The first-order valence-corrected chi connectivity index (χ1v) is 14.5. The number of rotatable bonds is 6. The topological polar surface area (TPSA) is 59.5 Å². The van der Waals surface area contributed by atoms with Gasteiger partial charge in [-0.2, -0.15) is 0 Å². The maximum Gasteiger partial charge on any atom is 0.160 e. The standard InChI is InChI=1S/C29H33FN2O3S/c1-21(2)32-15-13-29(14-16-32)12-11-25-17-24(7-10-28(25)35-29)23-5-3-22(4-6-23)19-36(33,34)20-27-9-8-26(30)18-31-27/h3-10,17-18,21H,11-16,19-20H2,1-2H3. The molecule has 0 amide bonds. The van der Waals surface area contributed by atoms with Gasteiger partial charge in [0.25, 0.3) is 0 Å². The SMILES string of the molecule is CC(C)N1CCC2(CCc3cc(-c4ccc(CS(=O)(=O)Cc5ccc(F)cn5)cc4)ccc3O2)CC1. The van der Waals surface area contributed by atoms with Gasteiger partial charge in [-0.1, -0.05) is 30.3 Å². The van der Waals surface area contributed by atoms with Gasteiger partial charge in [-0.25, -0.2) is 12.8 Å². The molecule has 190 valence electrons. The number of piperidine rings is 1. The fraction of sp³-hybridized carbons (Fsp3) is 0.414. The summed E-state index contributed by atoms with van der Waals surface area (Å²) in [6.07, 6.45) is 5.26. The van der Waals surface area contributed by atoms with Crippen molar-refractivity contribution in [2.45, 2.75) is 62.7 Å². The van der Waals surface area contributed by atoms with Crippen molar-refractivity contribution in [3.05, 3.63) is 83.4 Å². The molecule has 2 aromatic carbocycles. The first-order valence-electron chi connectivity index (χ1n) is 12.7. The lowest BCUT2D eigenvalue weighted by atomic mass is 9.82. The van der Waals surface area contributed by atoms with Crippen molar-refractivity contribution in [1.29, 1.82) is 0 Å². The lowest BCUT2D eigenvalue weighted by Crippen LogP contribution is -2.51. The van der Waals surface area contributed by atoms with E-state index in [-0.39, 0.29) is 17.1 Å². The monoisotopic (exact) mass is 508 g/mol. The quantitative estimate of drug-likeness (QED) is 0.436. The maximum atomic E-state index is 13.0. The van der Waals surface area contributed by atoms with E-state index >= 15 is 0 Å². The molecule has 5 nitrogen and oxygen atoms in total. The summed E-state index contributed by atoms with van der Waals surface area (Å²) < 4.78 is 44.8. The molecule has 0 saturated carbocycles. The summed E-state index contributed by atoms with van der Waals surface area (Å²) in [5.41, 5.74) is 4.42. The van der Waals surface area contributed by atoms with Gasteiger partial charge in [0.2, 0.25) is 0 Å². The van der Waals surface area contributed by atoms with Gasteiger partial charge in [0.15, 0.2) is 9.84 Å². The Bertz CT molecular complexity index is 1310. The van der Waals surface area contributed by atoms with Crippen LogP contribution in [0.4, 0.5) is 4.39 Å². The molecule has 36 heavy (non-hydrogen) atoms. The van der Waals surface area contributed by atoms with Crippen LogP contribution in [0, 0.1) is 5.82 Å². The molecule has 0 unspecified atom stereocenters. The molecule has 2 aliphatic heterocycles. The Hall–Kier alpha value is -2.77. The van der Waals surface area contributed by atoms with Crippen LogP contribution in [0.3, 0.4) is 0 Å². The Balaban J connectivity index is 1.24. The summed E-state index contributed by atoms with van der Waals surface area (Å²) in [7, 11) is -3.42. The number of hydrogen-bond donors (Lipinski definition) is 0. The number of aryl methyl sites for hydroxylation is 1. The molecule has 0 aliphatic carbocycles. The number of benzene rings is 2. The zero-order valence-corrected chi connectivity index (χ0v) is 21.7. The molecule has 0 atom stereocenters. The minimum atomic E-state index is -3.42. The Morgan fingerprint density at radius 3 is 2.36 bits per heavy atom. The number of hydrogen-bond acceptors (Lipinski definition) is 5. The maximum absolute atomic E-state index is 13.0. The van der Waals surface area contributed by atoms with Crippen molar-refractivity contribution in [3.63, 3.8) is 0 Å². The molecule has 2 aliphatic rings. The second-order valence-corrected chi connectivity index (χ2v) is 12.5. The molecule has 1 aromatic heterocycles. The van der Waals surface area contributed by atoms with E-state index in [1.807, 2.05) is 24.3 Å². The van der Waals surface area contributed by atoms with Crippen LogP contribution in [-0.2, 0) is 27.8 Å². The minimum absolute atomic E-state index is 0.0313. The molecule has 0 radical (unpaired) electrons. The highest BCUT2D eigenvalue weighted by atomic mass is 32.2. The average molecular weight is 509 g/mol. The van der Waals surface area contributed by atoms with Crippen molar-refractivity contribution in [2.75, 3.05) is 13.1 Å². The van der Waals surface area contributed by atoms with Gasteiger partial charge in [0.05, 0.1) is 23.4 Å². The van der Waals surface area contributed by atoms with E-state index in [2.05, 4.69) is 41.9 Å². The third-order valence-electron chi connectivity index (χ3n) is 7.51. The number of likely N-dealkylation sites (tertiary alicyclic amines) is 1. The van der Waals surface area contributed by atoms with E-state index in [1.165, 1.54) is 17.7 Å². The predicted octanol–water partition coefficient (Wildman–Crippen LogP) is 5.57. The van der Waals surface area contributed by atoms with Gasteiger partial charge in [0, 0.05) is 19.1 Å². The van der Waals surface area contributed by atoms with E-state index in [9.17, 15) is 12.8 Å². The molecule has 7 heteroatoms. The molecular weight excluding hydrogens is 475 g/mol. The summed E-state index contributed by atoms with van der Waals surface area (Å²) in [4.78, 5) is 6.40. The zero-order chi connectivity index (χ0) is 25.3. The van der Waals surface area contributed by atoms with Gasteiger partial charge in [-0.15, -0.1) is 0 Å². The number of halogens is 1. The molecule has 3 heterocycles. The number of pyridine rings is 1. The normalized spacial score (nSPS) is 17.7. The van der Waals surface area contributed by atoms with Gasteiger partial charge in [-0.05, 0) is 86.1 Å². The van der Waals surface area contributed by atoms with Crippen LogP contribution in [0.25, 0.3) is 11.1 Å². The first-order chi connectivity index (χ1) is 17.2. The lowest BCUT2D eigenvalue weighted by molar-refractivity contribution is -0.0211. The van der Waals surface area contributed by atoms with E-state index in [0.717, 1.165) is 67.4 Å². The Labute approximate surface area is 213 Å². The number of fused-ring (bicyclic) bond motifs is 1. The highest BCUT2D eigenvalue weighted by molar-refractivity contribution is 7.89. The molecule has 0 N–H and O–H groups in total. The van der Waals surface area contributed by atoms with Crippen LogP contribution in [0.15, 0.2) is 60.8 Å². The van der Waals surface area contributed by atoms with E-state index in [1.54, 1.807) is 0 Å². The molecule has 5 rings (SSSR count). The highest BCUT2D eigenvalue weighted by Crippen LogP contribution is 2.41. The van der Waals surface area contributed by atoms with Crippen molar-refractivity contribution in [3.8, 4) is 16.9 Å². The van der Waals surface area contributed by atoms with Crippen molar-refractivity contribution in [1.82, 2.24) is 9.88 Å². The third-order valence-corrected chi connectivity index (χ3v) is 9.02. The second kappa shape index (κ2) is 9.94. The van der Waals surface area contributed by atoms with Gasteiger partial charge >= 0.3 is 0 Å². The highest BCUT2D eigenvalue weighted by Gasteiger charge is 2.39. The largest absolute Gasteiger partial charge is 0.487 e. The fourth-order valence-electron chi connectivity index (χ4n) is 5.32. The zero-order valence-electron chi connectivity index (χ0n) is 20.9. The summed E-state index contributed by atoms with van der Waals surface area (Å²) in [5, 5.41) is 0. The minimum Gasteiger partial charge on any atom is -0.487 e. The Morgan fingerprint density at radius 2 is 1.69 bits per heavy atom. The number of sulfone groups is 1. The molecule has 3 aromatic rings. The fourth-order valence-corrected chi connectivity index (χ4v) is 6.74. The van der Waals surface area contributed by atoms with E-state index in [0.29, 0.717) is 11.7 Å². The molecule has 0 bridgehead atoms. The van der Waals surface area contributed by atoms with Crippen LogP contribution < -0.4 is 4.74 Å². The van der Waals surface area contributed by atoms with Crippen molar-refractivity contribution in [2.24, 2.45) is 0 Å². The Kier molecular flexibility index (Phi) is 6.88. The van der Waals surface area contributed by atoms with Crippen LogP contribution in [-0.4, -0.2) is 43.0 Å². The summed E-state index contributed by atoms with van der Waals surface area (Å²) >= 11 is 0. The van der Waals surface area contributed by atoms with Gasteiger partial charge < -0.3 is 9.64 Å². The molecule has 1 saturated heterocycles. The van der Waals surface area contributed by atoms with Gasteiger partial charge in [-0.3, -0.25) is 4.98 Å². The van der Waals surface area contributed by atoms with Gasteiger partial charge in [0.1, 0.15) is 17.2 Å². The smallest absolute Gasteiger partial charge is 0.160 e. The summed E-state index contributed by atoms with van der Waals surface area (Å²) in [6.45, 7) is 6.70.